The molecule has 1 aromatic heterocycles. The molecule has 2 heterocycles. The number of halogens is 2. The second kappa shape index (κ2) is 6.85. The summed E-state index contributed by atoms with van der Waals surface area (Å²) >= 11 is 0. The van der Waals surface area contributed by atoms with Crippen LogP contribution in [0.4, 0.5) is 5.95 Å². The van der Waals surface area contributed by atoms with Crippen molar-refractivity contribution in [2.45, 2.75) is 26.2 Å². The van der Waals surface area contributed by atoms with Crippen LogP contribution >= 0.6 is 24.8 Å². The molecule has 0 unspecified atom stereocenters. The van der Waals surface area contributed by atoms with E-state index in [4.69, 9.17) is 0 Å². The summed E-state index contributed by atoms with van der Waals surface area (Å²) in [5, 5.41) is 0. The largest absolute Gasteiger partial charge is 0.341 e. The molecule has 1 fully saturated rings. The van der Waals surface area contributed by atoms with Gasteiger partial charge in [-0.15, -0.1) is 24.8 Å². The molecule has 15 heavy (non-hydrogen) atoms. The van der Waals surface area contributed by atoms with Crippen LogP contribution in [-0.2, 0) is 0 Å². The van der Waals surface area contributed by atoms with Gasteiger partial charge in [0.2, 0.25) is 5.95 Å². The third-order valence-corrected chi connectivity index (χ3v) is 2.42. The Bertz CT molecular complexity index is 288. The van der Waals surface area contributed by atoms with Gasteiger partial charge >= 0.3 is 0 Å². The molecule has 0 N–H and O–H groups in total. The first-order valence-corrected chi connectivity index (χ1v) is 4.91. The van der Waals surface area contributed by atoms with Gasteiger partial charge in [-0.3, -0.25) is 0 Å². The molecular formula is C10H17Cl2N3. The van der Waals surface area contributed by atoms with Crippen molar-refractivity contribution >= 4 is 30.8 Å². The van der Waals surface area contributed by atoms with E-state index in [0.29, 0.717) is 0 Å². The van der Waals surface area contributed by atoms with Gasteiger partial charge in [0.1, 0.15) is 0 Å². The zero-order chi connectivity index (χ0) is 9.10. The Kier molecular flexibility index (Phi) is 6.61. The molecule has 5 heteroatoms. The highest BCUT2D eigenvalue weighted by molar-refractivity contribution is 5.85. The number of aryl methyl sites for hydroxylation is 1. The minimum Gasteiger partial charge on any atom is -0.341 e. The molecule has 1 aliphatic heterocycles. The van der Waals surface area contributed by atoms with E-state index in [2.05, 4.69) is 14.9 Å². The van der Waals surface area contributed by atoms with E-state index >= 15 is 0 Å². The monoisotopic (exact) mass is 249 g/mol. The normalized spacial score (nSPS) is 15.1. The summed E-state index contributed by atoms with van der Waals surface area (Å²) in [5.74, 6) is 0.903. The molecule has 0 atom stereocenters. The van der Waals surface area contributed by atoms with Crippen LogP contribution in [0.15, 0.2) is 12.3 Å². The molecule has 2 rings (SSSR count). The van der Waals surface area contributed by atoms with Crippen LogP contribution in [0, 0.1) is 6.92 Å². The van der Waals surface area contributed by atoms with Gasteiger partial charge < -0.3 is 4.90 Å². The Hall–Kier alpha value is -0.540. The molecule has 0 spiro atoms. The summed E-state index contributed by atoms with van der Waals surface area (Å²) in [7, 11) is 0. The van der Waals surface area contributed by atoms with Gasteiger partial charge in [0.25, 0.3) is 0 Å². The van der Waals surface area contributed by atoms with Crippen molar-refractivity contribution in [3.63, 3.8) is 0 Å². The Morgan fingerprint density at radius 1 is 1.13 bits per heavy atom. The molecule has 1 aromatic rings. The number of rotatable bonds is 1. The Labute approximate surface area is 103 Å². The zero-order valence-electron chi connectivity index (χ0n) is 8.85. The molecule has 0 saturated carbocycles. The third-order valence-electron chi connectivity index (χ3n) is 2.42. The van der Waals surface area contributed by atoms with Crippen LogP contribution in [-0.4, -0.2) is 23.1 Å². The number of piperidine rings is 1. The summed E-state index contributed by atoms with van der Waals surface area (Å²) in [4.78, 5) is 11.0. The first kappa shape index (κ1) is 14.5. The predicted octanol–water partition coefficient (Wildman–Crippen LogP) is 2.62. The average Bonchev–Trinajstić information content (AvgIpc) is 2.19. The molecule has 86 valence electrons. The van der Waals surface area contributed by atoms with Gasteiger partial charge in [-0.1, -0.05) is 0 Å². The van der Waals surface area contributed by atoms with Crippen LogP contribution in [0.3, 0.4) is 0 Å². The van der Waals surface area contributed by atoms with Crippen LogP contribution in [0.2, 0.25) is 0 Å². The third kappa shape index (κ3) is 3.84. The average molecular weight is 250 g/mol. The topological polar surface area (TPSA) is 29.0 Å². The molecular weight excluding hydrogens is 233 g/mol. The van der Waals surface area contributed by atoms with E-state index in [-0.39, 0.29) is 24.8 Å². The van der Waals surface area contributed by atoms with E-state index in [9.17, 15) is 0 Å². The Balaban J connectivity index is 0.000000980. The second-order valence-electron chi connectivity index (χ2n) is 3.55. The molecule has 0 aromatic carbocycles. The number of anilines is 1. The van der Waals surface area contributed by atoms with Crippen LogP contribution in [0.1, 0.15) is 25.0 Å². The van der Waals surface area contributed by atoms with E-state index < -0.39 is 0 Å². The molecule has 0 amide bonds. The smallest absolute Gasteiger partial charge is 0.225 e. The van der Waals surface area contributed by atoms with Gasteiger partial charge in [0.05, 0.1) is 0 Å². The maximum absolute atomic E-state index is 4.41. The fourth-order valence-corrected chi connectivity index (χ4v) is 1.68. The Morgan fingerprint density at radius 2 is 1.80 bits per heavy atom. The summed E-state index contributed by atoms with van der Waals surface area (Å²) in [6.07, 6.45) is 5.74. The second-order valence-corrected chi connectivity index (χ2v) is 3.55. The summed E-state index contributed by atoms with van der Waals surface area (Å²) in [6.45, 7) is 4.24. The number of nitrogens with zero attached hydrogens (tertiary/aromatic N) is 3. The van der Waals surface area contributed by atoms with Crippen molar-refractivity contribution in [1.29, 1.82) is 0 Å². The van der Waals surface area contributed by atoms with E-state index in [1.165, 1.54) is 19.3 Å². The standard InChI is InChI=1S/C10H15N3.2ClH/c1-9-5-6-11-10(12-9)13-7-3-2-4-8-13;;/h5-6H,2-4,7-8H2,1H3;2*1H. The first-order valence-electron chi connectivity index (χ1n) is 4.91. The molecule has 0 aliphatic carbocycles. The fraction of sp³-hybridized carbons (Fsp3) is 0.600. The fourth-order valence-electron chi connectivity index (χ4n) is 1.68. The summed E-state index contributed by atoms with van der Waals surface area (Å²) in [5.41, 5.74) is 1.05. The van der Waals surface area contributed by atoms with Crippen molar-refractivity contribution in [2.75, 3.05) is 18.0 Å². The molecule has 0 bridgehead atoms. The number of aromatic nitrogens is 2. The number of hydrogen-bond donors (Lipinski definition) is 0. The van der Waals surface area contributed by atoms with Gasteiger partial charge in [-0.2, -0.15) is 0 Å². The summed E-state index contributed by atoms with van der Waals surface area (Å²) in [6, 6.07) is 1.94. The Morgan fingerprint density at radius 3 is 2.40 bits per heavy atom. The van der Waals surface area contributed by atoms with Gasteiger partial charge in [0.15, 0.2) is 0 Å². The lowest BCUT2D eigenvalue weighted by Crippen LogP contribution is -2.31. The SMILES string of the molecule is Cc1ccnc(N2CCCCC2)n1.Cl.Cl. The van der Waals surface area contributed by atoms with Crippen LogP contribution in [0.5, 0.6) is 0 Å². The van der Waals surface area contributed by atoms with E-state index in [0.717, 1.165) is 24.7 Å². The highest BCUT2D eigenvalue weighted by Crippen LogP contribution is 2.14. The summed E-state index contributed by atoms with van der Waals surface area (Å²) < 4.78 is 0. The lowest BCUT2D eigenvalue weighted by molar-refractivity contribution is 0.567. The highest BCUT2D eigenvalue weighted by Gasteiger charge is 2.12. The van der Waals surface area contributed by atoms with E-state index in [1.807, 2.05) is 19.2 Å². The minimum atomic E-state index is 0. The molecule has 0 radical (unpaired) electrons. The lowest BCUT2D eigenvalue weighted by atomic mass is 10.1. The van der Waals surface area contributed by atoms with Crippen LogP contribution < -0.4 is 4.90 Å². The zero-order valence-corrected chi connectivity index (χ0v) is 10.5. The highest BCUT2D eigenvalue weighted by atomic mass is 35.5. The molecule has 1 aliphatic rings. The van der Waals surface area contributed by atoms with Crippen molar-refractivity contribution in [1.82, 2.24) is 9.97 Å². The predicted molar refractivity (Wildman–Crippen MR) is 67.3 cm³/mol. The maximum Gasteiger partial charge on any atom is 0.225 e. The molecule has 1 saturated heterocycles. The van der Waals surface area contributed by atoms with Crippen molar-refractivity contribution < 1.29 is 0 Å². The van der Waals surface area contributed by atoms with Crippen molar-refractivity contribution in [2.24, 2.45) is 0 Å². The van der Waals surface area contributed by atoms with Gasteiger partial charge in [-0.05, 0) is 32.3 Å². The molecule has 3 nitrogen and oxygen atoms in total. The van der Waals surface area contributed by atoms with Crippen LogP contribution in [0.25, 0.3) is 0 Å². The van der Waals surface area contributed by atoms with Crippen molar-refractivity contribution in [3.8, 4) is 0 Å². The maximum atomic E-state index is 4.41. The van der Waals surface area contributed by atoms with Crippen molar-refractivity contribution in [3.05, 3.63) is 18.0 Å². The first-order chi connectivity index (χ1) is 6.36. The minimum absolute atomic E-state index is 0. The quantitative estimate of drug-likeness (QED) is 0.767. The number of hydrogen-bond acceptors (Lipinski definition) is 3. The van der Waals surface area contributed by atoms with Gasteiger partial charge in [-0.25, -0.2) is 9.97 Å². The lowest BCUT2D eigenvalue weighted by Gasteiger charge is -2.26. The van der Waals surface area contributed by atoms with Gasteiger partial charge in [0, 0.05) is 25.0 Å². The van der Waals surface area contributed by atoms with E-state index in [1.54, 1.807) is 0 Å².